The van der Waals surface area contributed by atoms with Gasteiger partial charge in [-0.25, -0.2) is 26.6 Å². The van der Waals surface area contributed by atoms with Gasteiger partial charge in [0.15, 0.2) is 5.01 Å². The Labute approximate surface area is 201 Å². The van der Waals surface area contributed by atoms with Crippen molar-refractivity contribution in [3.8, 4) is 16.9 Å². The molecule has 2 aliphatic rings. The summed E-state index contributed by atoms with van der Waals surface area (Å²) in [5, 5.41) is 25.8. The van der Waals surface area contributed by atoms with E-state index in [1.807, 2.05) is 19.3 Å². The molecule has 0 spiro atoms. The number of nitriles is 1. The lowest BCUT2D eigenvalue weighted by atomic mass is 10.2. The molecule has 1 fully saturated rings. The van der Waals surface area contributed by atoms with Gasteiger partial charge in [-0.1, -0.05) is 11.3 Å². The van der Waals surface area contributed by atoms with E-state index >= 15 is 0 Å². The van der Waals surface area contributed by atoms with Crippen LogP contribution in [0.15, 0.2) is 29.4 Å². The lowest BCUT2D eigenvalue weighted by Gasteiger charge is -2.13. The Balaban J connectivity index is 1.54. The number of aromatic nitrogens is 6. The van der Waals surface area contributed by atoms with Gasteiger partial charge in [0.05, 0.1) is 34.1 Å². The Hall–Kier alpha value is -3.32. The molecule has 1 aliphatic carbocycles. The molecule has 1 saturated carbocycles. The second kappa shape index (κ2) is 7.59. The summed E-state index contributed by atoms with van der Waals surface area (Å²) in [5.74, 6) is 0. The number of nitrogens with one attached hydrogen (secondary N) is 1. The van der Waals surface area contributed by atoms with Gasteiger partial charge in [-0.15, -0.1) is 10.2 Å². The Bertz CT molecular complexity index is 1610. The largest absolute Gasteiger partial charge is 0.296 e. The number of halogens is 2. The number of alkyl halides is 2. The van der Waals surface area contributed by atoms with Crippen LogP contribution >= 0.6 is 11.3 Å². The van der Waals surface area contributed by atoms with Crippen molar-refractivity contribution in [2.75, 3.05) is 7.05 Å². The Morgan fingerprint density at radius 1 is 1.26 bits per heavy atom. The first-order valence-corrected chi connectivity index (χ1v) is 12.8. The molecule has 1 aliphatic heterocycles. The topological polar surface area (TPSA) is 135 Å². The molecular weight excluding hydrogens is 500 g/mol. The van der Waals surface area contributed by atoms with Gasteiger partial charge in [-0.05, 0) is 32.0 Å². The van der Waals surface area contributed by atoms with E-state index in [4.69, 9.17) is 0 Å². The number of benzene rings is 1. The summed E-state index contributed by atoms with van der Waals surface area (Å²) in [6.07, 6.45) is 1.41. The fourth-order valence-corrected chi connectivity index (χ4v) is 6.18. The first-order valence-electron chi connectivity index (χ1n) is 10.5. The van der Waals surface area contributed by atoms with Crippen LogP contribution in [0.2, 0.25) is 0 Å². The normalized spacial score (nSPS) is 17.2. The smallest absolute Gasteiger partial charge is 0.291 e. The molecule has 0 amide bonds. The van der Waals surface area contributed by atoms with Crippen LogP contribution in [0.25, 0.3) is 21.7 Å². The van der Waals surface area contributed by atoms with Crippen LogP contribution in [0.4, 0.5) is 8.78 Å². The highest BCUT2D eigenvalue weighted by Crippen LogP contribution is 2.37. The molecule has 6 rings (SSSR count). The monoisotopic (exact) mass is 517 g/mol. The zero-order valence-electron chi connectivity index (χ0n) is 18.2. The number of fused-ring (bicyclic) bond motifs is 2. The molecule has 0 atom stereocenters. The van der Waals surface area contributed by atoms with Crippen LogP contribution in [0.5, 0.6) is 0 Å². The van der Waals surface area contributed by atoms with Crippen molar-refractivity contribution in [3.05, 3.63) is 40.8 Å². The fraction of sp³-hybridized carbons (Fsp3) is 0.350. The van der Waals surface area contributed by atoms with Crippen molar-refractivity contribution in [2.45, 2.75) is 42.8 Å². The van der Waals surface area contributed by atoms with Gasteiger partial charge in [0.1, 0.15) is 5.54 Å². The summed E-state index contributed by atoms with van der Waals surface area (Å²) >= 11 is 0.664. The highest BCUT2D eigenvalue weighted by Gasteiger charge is 2.47. The second-order valence-corrected chi connectivity index (χ2v) is 11.3. The molecule has 4 aromatic rings. The molecular formula is C20H17F2N9O2S2. The minimum atomic E-state index is -4.09. The fourth-order valence-electron chi connectivity index (χ4n) is 4.09. The van der Waals surface area contributed by atoms with Crippen molar-refractivity contribution < 1.29 is 17.2 Å². The van der Waals surface area contributed by atoms with Crippen LogP contribution in [0.3, 0.4) is 0 Å². The van der Waals surface area contributed by atoms with E-state index in [2.05, 4.69) is 30.0 Å². The lowest BCUT2D eigenvalue weighted by molar-refractivity contribution is 0.150. The molecule has 3 aromatic heterocycles. The van der Waals surface area contributed by atoms with Crippen molar-refractivity contribution in [1.82, 2.24) is 39.4 Å². The van der Waals surface area contributed by atoms with E-state index in [-0.39, 0.29) is 10.0 Å². The zero-order valence-corrected chi connectivity index (χ0v) is 19.8. The molecule has 0 radical (unpaired) electrons. The van der Waals surface area contributed by atoms with Gasteiger partial charge in [-0.2, -0.15) is 20.2 Å². The predicted molar refractivity (Wildman–Crippen MR) is 120 cm³/mol. The molecule has 11 nitrogen and oxygen atoms in total. The van der Waals surface area contributed by atoms with Gasteiger partial charge in [0.2, 0.25) is 15.2 Å². The molecule has 1 aromatic carbocycles. The van der Waals surface area contributed by atoms with Crippen LogP contribution in [-0.2, 0) is 23.1 Å². The molecule has 0 saturated heterocycles. The van der Waals surface area contributed by atoms with E-state index in [1.165, 1.54) is 23.0 Å². The van der Waals surface area contributed by atoms with Crippen molar-refractivity contribution in [2.24, 2.45) is 0 Å². The maximum atomic E-state index is 13.3. The van der Waals surface area contributed by atoms with E-state index in [1.54, 1.807) is 4.68 Å². The predicted octanol–water partition coefficient (Wildman–Crippen LogP) is 2.28. The average Bonchev–Trinajstić information content (AvgIpc) is 3.22. The number of hydrogen-bond donors (Lipinski definition) is 1. The summed E-state index contributed by atoms with van der Waals surface area (Å²) < 4.78 is 58.1. The number of rotatable bonds is 6. The molecule has 4 heterocycles. The summed E-state index contributed by atoms with van der Waals surface area (Å²) in [7, 11) is -2.12. The highest BCUT2D eigenvalue weighted by molar-refractivity contribution is 7.89. The van der Waals surface area contributed by atoms with Gasteiger partial charge < -0.3 is 0 Å². The van der Waals surface area contributed by atoms with Crippen molar-refractivity contribution >= 4 is 32.3 Å². The van der Waals surface area contributed by atoms with E-state index in [0.29, 0.717) is 53.9 Å². The maximum Gasteiger partial charge on any atom is 0.291 e. The quantitative estimate of drug-likeness (QED) is 0.412. The molecule has 1 N–H and O–H groups in total. The third-order valence-corrected chi connectivity index (χ3v) is 8.45. The van der Waals surface area contributed by atoms with Gasteiger partial charge in [0.25, 0.3) is 6.43 Å². The minimum absolute atomic E-state index is 0.0732. The van der Waals surface area contributed by atoms with Gasteiger partial charge >= 0.3 is 0 Å². The summed E-state index contributed by atoms with van der Waals surface area (Å²) in [6.45, 7) is 1.37. The summed E-state index contributed by atoms with van der Waals surface area (Å²) in [6, 6.07) is 4.88. The van der Waals surface area contributed by atoms with Crippen molar-refractivity contribution in [1.29, 1.82) is 5.26 Å². The van der Waals surface area contributed by atoms with Crippen LogP contribution in [0, 0.1) is 11.3 Å². The summed E-state index contributed by atoms with van der Waals surface area (Å²) in [4.78, 5) is 2.00. The van der Waals surface area contributed by atoms with E-state index < -0.39 is 27.0 Å². The third kappa shape index (κ3) is 3.69. The minimum Gasteiger partial charge on any atom is -0.296 e. The van der Waals surface area contributed by atoms with Gasteiger partial charge in [-0.3, -0.25) is 4.90 Å². The van der Waals surface area contributed by atoms with Crippen LogP contribution < -0.4 is 4.72 Å². The molecule has 15 heteroatoms. The lowest BCUT2D eigenvalue weighted by Crippen LogP contribution is -2.35. The molecule has 35 heavy (non-hydrogen) atoms. The average molecular weight is 518 g/mol. The Morgan fingerprint density at radius 2 is 2.06 bits per heavy atom. The zero-order chi connectivity index (χ0) is 24.5. The van der Waals surface area contributed by atoms with Crippen LogP contribution in [-0.4, -0.2) is 55.7 Å². The summed E-state index contributed by atoms with van der Waals surface area (Å²) in [5.41, 5.74) is 1.57. The Kier molecular flexibility index (Phi) is 4.81. The third-order valence-electron chi connectivity index (χ3n) is 6.03. The van der Waals surface area contributed by atoms with E-state index in [9.17, 15) is 22.5 Å². The highest BCUT2D eigenvalue weighted by atomic mass is 32.2. The number of nitrogens with zero attached hydrogens (tertiary/aromatic N) is 8. The van der Waals surface area contributed by atoms with Crippen LogP contribution in [0.1, 0.15) is 35.5 Å². The standard InChI is InChI=1S/C20H17F2N9O2S2/c1-29-7-11-8-30(27-14(11)9-29)15-4-12(35(32,33)28-20(10-23)2-3-20)5-16-13(15)6-24-31(16)19-26-25-18(34-19)17(21)22/h4-6,8,17,28H,2-3,7,9H2,1H3. The Morgan fingerprint density at radius 3 is 2.71 bits per heavy atom. The number of sulfonamides is 1. The number of hydrogen-bond acceptors (Lipinski definition) is 9. The second-order valence-electron chi connectivity index (χ2n) is 8.67. The molecule has 0 unspecified atom stereocenters. The SMILES string of the molecule is CN1Cc2cn(-c3cc(S(=O)(=O)NC4(C#N)CC4)cc4c3cnn4-c3nnc(C(F)F)s3)nc2C1. The molecule has 0 bridgehead atoms. The molecule has 180 valence electrons. The van der Waals surface area contributed by atoms with Crippen molar-refractivity contribution in [3.63, 3.8) is 0 Å². The van der Waals surface area contributed by atoms with E-state index in [0.717, 1.165) is 11.3 Å². The first kappa shape index (κ1) is 22.2. The first-order chi connectivity index (χ1) is 16.7. The van der Waals surface area contributed by atoms with Gasteiger partial charge in [0, 0.05) is 30.2 Å². The maximum absolute atomic E-state index is 13.3.